The van der Waals surface area contributed by atoms with Crippen molar-refractivity contribution in [3.05, 3.63) is 23.8 Å². The Morgan fingerprint density at radius 1 is 1.25 bits per heavy atom. The van der Waals surface area contributed by atoms with Gasteiger partial charge in [-0.15, -0.1) is 23.5 Å². The predicted molar refractivity (Wildman–Crippen MR) is 80.5 cm³/mol. The van der Waals surface area contributed by atoms with E-state index in [9.17, 15) is 9.90 Å². The van der Waals surface area contributed by atoms with E-state index < -0.39 is 11.8 Å². The van der Waals surface area contributed by atoms with Crippen LogP contribution in [-0.4, -0.2) is 32.4 Å². The zero-order chi connectivity index (χ0) is 14.4. The van der Waals surface area contributed by atoms with Crippen LogP contribution in [0.15, 0.2) is 18.2 Å². The molecule has 3 rings (SSSR count). The molecule has 20 heavy (non-hydrogen) atoms. The summed E-state index contributed by atoms with van der Waals surface area (Å²) < 4.78 is 11.3. The number of phenols is 1. The van der Waals surface area contributed by atoms with E-state index >= 15 is 0 Å². The van der Waals surface area contributed by atoms with Gasteiger partial charge in [-0.2, -0.15) is 0 Å². The van der Waals surface area contributed by atoms with Crippen LogP contribution in [0, 0.1) is 0 Å². The number of esters is 1. The average Bonchev–Trinajstić information content (AvgIpc) is 2.73. The van der Waals surface area contributed by atoms with Gasteiger partial charge in [-0.05, 0) is 19.1 Å². The van der Waals surface area contributed by atoms with Crippen LogP contribution >= 0.6 is 23.5 Å². The van der Waals surface area contributed by atoms with Gasteiger partial charge in [0.2, 0.25) is 0 Å². The molecule has 0 spiro atoms. The van der Waals surface area contributed by atoms with E-state index in [1.165, 1.54) is 6.07 Å². The van der Waals surface area contributed by atoms with Crippen LogP contribution in [0.3, 0.4) is 0 Å². The van der Waals surface area contributed by atoms with Crippen molar-refractivity contribution in [2.45, 2.75) is 30.1 Å². The molecular formula is C14H16O4S2. The first-order chi connectivity index (χ1) is 9.41. The fourth-order valence-electron chi connectivity index (χ4n) is 2.62. The molecule has 6 heteroatoms. The number of fused-ring (bicyclic) bond motifs is 1. The number of benzene rings is 1. The Bertz CT molecular complexity index is 554. The van der Waals surface area contributed by atoms with Gasteiger partial charge in [-0.1, -0.05) is 6.07 Å². The first-order valence-corrected chi connectivity index (χ1v) is 8.40. The largest absolute Gasteiger partial charge is 0.507 e. The van der Waals surface area contributed by atoms with Gasteiger partial charge in [0.25, 0.3) is 5.79 Å². The molecule has 1 aromatic carbocycles. The second-order valence-corrected chi connectivity index (χ2v) is 8.74. The molecule has 0 saturated carbocycles. The molecule has 0 amide bonds. The third-order valence-electron chi connectivity index (χ3n) is 3.38. The molecule has 108 valence electrons. The summed E-state index contributed by atoms with van der Waals surface area (Å²) in [5, 5.41) is 9.74. The number of hydrogen-bond donors (Lipinski definition) is 1. The maximum Gasteiger partial charge on any atom is 0.349 e. The molecule has 0 bridgehead atoms. The van der Waals surface area contributed by atoms with Gasteiger partial charge in [0.05, 0.1) is 4.08 Å². The zero-order valence-electron chi connectivity index (χ0n) is 11.3. The van der Waals surface area contributed by atoms with E-state index in [0.717, 1.165) is 11.5 Å². The maximum atomic E-state index is 12.1. The Morgan fingerprint density at radius 2 is 1.95 bits per heavy atom. The quantitative estimate of drug-likeness (QED) is 0.846. The molecular weight excluding hydrogens is 296 g/mol. The van der Waals surface area contributed by atoms with Gasteiger partial charge in [0.15, 0.2) is 0 Å². The number of ether oxygens (including phenoxy) is 2. The molecule has 1 N–H and O–H groups in total. The van der Waals surface area contributed by atoms with E-state index in [-0.39, 0.29) is 15.4 Å². The minimum atomic E-state index is -0.989. The number of aromatic hydroxyl groups is 1. The fraction of sp³-hybridized carbons (Fsp3) is 0.500. The van der Waals surface area contributed by atoms with E-state index in [1.807, 2.05) is 23.5 Å². The predicted octanol–water partition coefficient (Wildman–Crippen LogP) is 3.24. The van der Waals surface area contributed by atoms with E-state index in [1.54, 1.807) is 19.1 Å². The number of thioether (sulfide) groups is 2. The highest BCUT2D eigenvalue weighted by molar-refractivity contribution is 8.21. The van der Waals surface area contributed by atoms with Crippen molar-refractivity contribution < 1.29 is 19.4 Å². The minimum absolute atomic E-state index is 0.0106. The van der Waals surface area contributed by atoms with Gasteiger partial charge in [0.1, 0.15) is 17.1 Å². The van der Waals surface area contributed by atoms with Crippen molar-refractivity contribution in [3.8, 4) is 11.5 Å². The van der Waals surface area contributed by atoms with Crippen LogP contribution < -0.4 is 4.74 Å². The Morgan fingerprint density at radius 3 is 2.65 bits per heavy atom. The third kappa shape index (κ3) is 2.46. The highest BCUT2D eigenvalue weighted by Gasteiger charge is 2.46. The summed E-state index contributed by atoms with van der Waals surface area (Å²) in [5.41, 5.74) is 0.113. The van der Waals surface area contributed by atoms with Crippen molar-refractivity contribution in [3.63, 3.8) is 0 Å². The van der Waals surface area contributed by atoms with E-state index in [2.05, 4.69) is 6.92 Å². The van der Waals surface area contributed by atoms with Crippen LogP contribution in [-0.2, 0) is 4.74 Å². The standard InChI is InChI=1S/C14H16O4S2/c1-13(8-14(2)19-6-7-20-14)17-10-5-3-4-9(15)11(10)12(16)18-13/h3-5,15H,6-8H2,1-2H3. The number of hydrogen-bond acceptors (Lipinski definition) is 6. The van der Waals surface area contributed by atoms with Crippen LogP contribution in [0.4, 0.5) is 0 Å². The molecule has 0 radical (unpaired) electrons. The summed E-state index contributed by atoms with van der Waals surface area (Å²) in [5.74, 6) is 0.969. The van der Waals surface area contributed by atoms with Crippen LogP contribution in [0.1, 0.15) is 30.6 Å². The Labute approximate surface area is 126 Å². The molecule has 2 aliphatic heterocycles. The fourth-order valence-corrected chi connectivity index (χ4v) is 5.72. The summed E-state index contributed by atoms with van der Waals surface area (Å²) in [6.45, 7) is 3.93. The van der Waals surface area contributed by atoms with Crippen molar-refractivity contribution in [1.29, 1.82) is 0 Å². The molecule has 2 aliphatic rings. The third-order valence-corrected chi connectivity index (χ3v) is 6.68. The Hall–Kier alpha value is -1.01. The lowest BCUT2D eigenvalue weighted by Crippen LogP contribution is -2.45. The second-order valence-electron chi connectivity index (χ2n) is 5.28. The van der Waals surface area contributed by atoms with Crippen LogP contribution in [0.2, 0.25) is 0 Å². The highest BCUT2D eigenvalue weighted by Crippen LogP contribution is 2.50. The topological polar surface area (TPSA) is 55.8 Å². The van der Waals surface area contributed by atoms with Crippen molar-refractivity contribution in [2.75, 3.05) is 11.5 Å². The van der Waals surface area contributed by atoms with E-state index in [4.69, 9.17) is 9.47 Å². The van der Waals surface area contributed by atoms with Crippen molar-refractivity contribution in [1.82, 2.24) is 0 Å². The van der Waals surface area contributed by atoms with Gasteiger partial charge in [-0.25, -0.2) is 4.79 Å². The SMILES string of the molecule is CC1(CC2(C)SCCS2)OC(=O)c2c(O)cccc2O1. The Balaban J connectivity index is 1.88. The molecule has 1 fully saturated rings. The number of cyclic esters (lactones) is 1. The smallest absolute Gasteiger partial charge is 0.349 e. The molecule has 1 saturated heterocycles. The lowest BCUT2D eigenvalue weighted by Gasteiger charge is -2.39. The van der Waals surface area contributed by atoms with Gasteiger partial charge in [-0.3, -0.25) is 0 Å². The summed E-state index contributed by atoms with van der Waals surface area (Å²) in [6, 6.07) is 4.80. The van der Waals surface area contributed by atoms with E-state index in [0.29, 0.717) is 12.2 Å². The van der Waals surface area contributed by atoms with Crippen LogP contribution in [0.5, 0.6) is 11.5 Å². The minimum Gasteiger partial charge on any atom is -0.507 e. The van der Waals surface area contributed by atoms with Gasteiger partial charge < -0.3 is 14.6 Å². The normalized spacial score (nSPS) is 27.6. The molecule has 2 heterocycles. The van der Waals surface area contributed by atoms with Crippen molar-refractivity contribution in [2.24, 2.45) is 0 Å². The molecule has 0 aliphatic carbocycles. The summed E-state index contributed by atoms with van der Waals surface area (Å²) >= 11 is 3.73. The van der Waals surface area contributed by atoms with Crippen LogP contribution in [0.25, 0.3) is 0 Å². The van der Waals surface area contributed by atoms with Crippen molar-refractivity contribution >= 4 is 29.5 Å². The number of carbonyl (C=O) groups is 1. The average molecular weight is 312 g/mol. The molecule has 1 atom stereocenters. The summed E-state index contributed by atoms with van der Waals surface area (Å²) in [7, 11) is 0. The van der Waals surface area contributed by atoms with Gasteiger partial charge in [0, 0.05) is 24.9 Å². The maximum absolute atomic E-state index is 12.1. The second kappa shape index (κ2) is 4.77. The molecule has 1 aromatic rings. The lowest BCUT2D eigenvalue weighted by atomic mass is 10.1. The van der Waals surface area contributed by atoms with Gasteiger partial charge >= 0.3 is 5.97 Å². The zero-order valence-corrected chi connectivity index (χ0v) is 13.0. The number of rotatable bonds is 2. The molecule has 0 aromatic heterocycles. The number of phenolic OH excluding ortho intramolecular Hbond substituents is 1. The number of carbonyl (C=O) groups excluding carboxylic acids is 1. The summed E-state index contributed by atoms with van der Waals surface area (Å²) in [6.07, 6.45) is 0.607. The molecule has 4 nitrogen and oxygen atoms in total. The summed E-state index contributed by atoms with van der Waals surface area (Å²) in [4.78, 5) is 12.1. The highest BCUT2D eigenvalue weighted by atomic mass is 32.2. The first kappa shape index (κ1) is 13.9. The monoisotopic (exact) mass is 312 g/mol. The molecule has 1 unspecified atom stereocenters. The Kier molecular flexibility index (Phi) is 3.33. The first-order valence-electron chi connectivity index (χ1n) is 6.43. The lowest BCUT2D eigenvalue weighted by molar-refractivity contribution is -0.146.